The molecule has 0 bridgehead atoms. The monoisotopic (exact) mass is 332 g/mol. The number of carboxylic acids is 1. The first-order valence-electron chi connectivity index (χ1n) is 8.23. The second kappa shape index (κ2) is 7.03. The van der Waals surface area contributed by atoms with Crippen LogP contribution in [0.3, 0.4) is 0 Å². The number of aliphatic carboxylic acids is 1. The molecule has 1 aliphatic carbocycles. The molecular formula is C18H21FN2O3. The molecule has 1 aliphatic heterocycles. The van der Waals surface area contributed by atoms with E-state index in [2.05, 4.69) is 4.90 Å². The summed E-state index contributed by atoms with van der Waals surface area (Å²) in [5.41, 5.74) is 0.938. The minimum Gasteiger partial charge on any atom is -0.481 e. The molecule has 1 aromatic carbocycles. The van der Waals surface area contributed by atoms with Crippen LogP contribution in [0.5, 0.6) is 0 Å². The molecule has 5 nitrogen and oxygen atoms in total. The van der Waals surface area contributed by atoms with E-state index in [0.717, 1.165) is 5.69 Å². The first-order chi connectivity index (χ1) is 11.6. The number of halogens is 1. The van der Waals surface area contributed by atoms with Crippen molar-refractivity contribution in [2.75, 3.05) is 31.1 Å². The number of rotatable bonds is 3. The summed E-state index contributed by atoms with van der Waals surface area (Å²) in [6.45, 7) is 2.45. The maximum absolute atomic E-state index is 13.0. The number of amides is 1. The lowest BCUT2D eigenvalue weighted by Crippen LogP contribution is -2.52. The molecule has 1 aromatic rings. The highest BCUT2D eigenvalue weighted by molar-refractivity contribution is 5.85. The van der Waals surface area contributed by atoms with Crippen molar-refractivity contribution in [2.45, 2.75) is 12.8 Å². The highest BCUT2D eigenvalue weighted by Crippen LogP contribution is 2.28. The van der Waals surface area contributed by atoms with Crippen molar-refractivity contribution in [3.05, 3.63) is 42.2 Å². The van der Waals surface area contributed by atoms with Gasteiger partial charge in [-0.25, -0.2) is 4.39 Å². The van der Waals surface area contributed by atoms with Crippen molar-refractivity contribution in [1.29, 1.82) is 0 Å². The molecule has 128 valence electrons. The number of nitrogens with zero attached hydrogens (tertiary/aromatic N) is 2. The van der Waals surface area contributed by atoms with Gasteiger partial charge in [0.2, 0.25) is 5.91 Å². The lowest BCUT2D eigenvalue weighted by atomic mass is 9.82. The van der Waals surface area contributed by atoms with E-state index in [9.17, 15) is 19.1 Å². The zero-order valence-corrected chi connectivity index (χ0v) is 13.4. The normalized spacial score (nSPS) is 24.0. The molecule has 3 rings (SSSR count). The molecule has 1 amide bonds. The fourth-order valence-corrected chi connectivity index (χ4v) is 3.43. The molecule has 0 radical (unpaired) electrons. The molecule has 2 atom stereocenters. The van der Waals surface area contributed by atoms with Gasteiger partial charge in [-0.1, -0.05) is 12.2 Å². The van der Waals surface area contributed by atoms with Crippen LogP contribution in [0.15, 0.2) is 36.4 Å². The van der Waals surface area contributed by atoms with Crippen LogP contribution in [-0.4, -0.2) is 48.1 Å². The molecule has 6 heteroatoms. The molecule has 0 aromatic heterocycles. The van der Waals surface area contributed by atoms with Crippen LogP contribution in [0.25, 0.3) is 0 Å². The summed E-state index contributed by atoms with van der Waals surface area (Å²) < 4.78 is 13.0. The second-order valence-electron chi connectivity index (χ2n) is 6.28. The Labute approximate surface area is 140 Å². The number of hydrogen-bond donors (Lipinski definition) is 1. The lowest BCUT2D eigenvalue weighted by Gasteiger charge is -2.38. The first kappa shape index (κ1) is 16.5. The summed E-state index contributed by atoms with van der Waals surface area (Å²) >= 11 is 0. The van der Waals surface area contributed by atoms with E-state index >= 15 is 0 Å². The Bertz CT molecular complexity index is 636. The van der Waals surface area contributed by atoms with Crippen LogP contribution in [0.2, 0.25) is 0 Å². The number of carbonyl (C=O) groups excluding carboxylic acids is 1. The van der Waals surface area contributed by atoms with Crippen molar-refractivity contribution in [1.82, 2.24) is 4.90 Å². The second-order valence-corrected chi connectivity index (χ2v) is 6.28. The summed E-state index contributed by atoms with van der Waals surface area (Å²) in [7, 11) is 0. The summed E-state index contributed by atoms with van der Waals surface area (Å²) in [5, 5.41) is 9.33. The van der Waals surface area contributed by atoms with E-state index in [4.69, 9.17) is 0 Å². The highest BCUT2D eigenvalue weighted by Gasteiger charge is 2.37. The summed E-state index contributed by atoms with van der Waals surface area (Å²) in [6.07, 6.45) is 4.65. The number of allylic oxidation sites excluding steroid dienone is 2. The first-order valence-corrected chi connectivity index (χ1v) is 8.23. The minimum absolute atomic E-state index is 0.0643. The van der Waals surface area contributed by atoms with Crippen molar-refractivity contribution in [2.24, 2.45) is 11.8 Å². The molecule has 1 saturated heterocycles. The van der Waals surface area contributed by atoms with Gasteiger partial charge in [0.05, 0.1) is 11.8 Å². The number of hydrogen-bond acceptors (Lipinski definition) is 3. The van der Waals surface area contributed by atoms with Crippen LogP contribution in [-0.2, 0) is 9.59 Å². The SMILES string of the molecule is O=C(O)[C@@H]1CC=CC[C@@H]1C(=O)N1CCN(c2ccc(F)cc2)CC1. The minimum atomic E-state index is -0.900. The van der Waals surface area contributed by atoms with E-state index in [1.807, 2.05) is 12.2 Å². The number of piperazine rings is 1. The van der Waals surface area contributed by atoms with E-state index in [1.54, 1.807) is 17.0 Å². The number of benzene rings is 1. The van der Waals surface area contributed by atoms with Crippen LogP contribution in [0.4, 0.5) is 10.1 Å². The number of carbonyl (C=O) groups is 2. The van der Waals surface area contributed by atoms with Crippen LogP contribution >= 0.6 is 0 Å². The zero-order valence-electron chi connectivity index (χ0n) is 13.4. The molecule has 2 aliphatic rings. The smallest absolute Gasteiger partial charge is 0.307 e. The average Bonchev–Trinajstić information content (AvgIpc) is 2.62. The topological polar surface area (TPSA) is 60.9 Å². The Morgan fingerprint density at radius 2 is 1.54 bits per heavy atom. The largest absolute Gasteiger partial charge is 0.481 e. The van der Waals surface area contributed by atoms with Gasteiger partial charge in [0.25, 0.3) is 0 Å². The van der Waals surface area contributed by atoms with Gasteiger partial charge >= 0.3 is 5.97 Å². The molecule has 24 heavy (non-hydrogen) atoms. The Balaban J connectivity index is 1.61. The van der Waals surface area contributed by atoms with Gasteiger partial charge in [0.15, 0.2) is 0 Å². The lowest BCUT2D eigenvalue weighted by molar-refractivity contribution is -0.150. The predicted molar refractivity (Wildman–Crippen MR) is 88.2 cm³/mol. The van der Waals surface area contributed by atoms with E-state index in [0.29, 0.717) is 39.0 Å². The molecule has 0 unspecified atom stereocenters. The maximum atomic E-state index is 13.0. The number of carboxylic acid groups (broad SMARTS) is 1. The molecule has 0 spiro atoms. The quantitative estimate of drug-likeness (QED) is 0.862. The van der Waals surface area contributed by atoms with Gasteiger partial charge < -0.3 is 14.9 Å². The van der Waals surface area contributed by atoms with Crippen molar-refractivity contribution in [3.63, 3.8) is 0 Å². The summed E-state index contributed by atoms with van der Waals surface area (Å²) in [5.74, 6) is -2.33. The van der Waals surface area contributed by atoms with E-state index in [1.165, 1.54) is 12.1 Å². The van der Waals surface area contributed by atoms with Crippen LogP contribution in [0, 0.1) is 17.7 Å². The Hall–Kier alpha value is -2.37. The van der Waals surface area contributed by atoms with Gasteiger partial charge in [-0.2, -0.15) is 0 Å². The standard InChI is InChI=1S/C18H21FN2O3/c19-13-5-7-14(8-6-13)20-9-11-21(12-10-20)17(22)15-3-1-2-4-16(15)18(23)24/h1-2,5-8,15-16H,3-4,9-12H2,(H,23,24)/t15-,16+/m0/s1. The van der Waals surface area contributed by atoms with Crippen molar-refractivity contribution >= 4 is 17.6 Å². The van der Waals surface area contributed by atoms with Gasteiger partial charge in [0, 0.05) is 31.9 Å². The summed E-state index contributed by atoms with van der Waals surface area (Å²) in [6, 6.07) is 6.33. The third kappa shape index (κ3) is 3.42. The Morgan fingerprint density at radius 1 is 0.958 bits per heavy atom. The van der Waals surface area contributed by atoms with Crippen LogP contribution < -0.4 is 4.90 Å². The van der Waals surface area contributed by atoms with Crippen LogP contribution in [0.1, 0.15) is 12.8 Å². The third-order valence-electron chi connectivity index (χ3n) is 4.85. The molecule has 0 saturated carbocycles. The zero-order chi connectivity index (χ0) is 17.1. The molecule has 1 fully saturated rings. The van der Waals surface area contributed by atoms with Crippen molar-refractivity contribution < 1.29 is 19.1 Å². The fourth-order valence-electron chi connectivity index (χ4n) is 3.43. The Morgan fingerprint density at radius 3 is 2.12 bits per heavy atom. The van der Waals surface area contributed by atoms with E-state index < -0.39 is 17.8 Å². The van der Waals surface area contributed by atoms with E-state index in [-0.39, 0.29) is 11.7 Å². The average molecular weight is 332 g/mol. The predicted octanol–water partition coefficient (Wildman–Crippen LogP) is 2.14. The third-order valence-corrected chi connectivity index (χ3v) is 4.85. The van der Waals surface area contributed by atoms with Gasteiger partial charge in [-0.15, -0.1) is 0 Å². The number of anilines is 1. The Kier molecular flexibility index (Phi) is 4.83. The molecule has 1 N–H and O–H groups in total. The van der Waals surface area contributed by atoms with Gasteiger partial charge in [-0.3, -0.25) is 9.59 Å². The fraction of sp³-hybridized carbons (Fsp3) is 0.444. The maximum Gasteiger partial charge on any atom is 0.307 e. The molecular weight excluding hydrogens is 311 g/mol. The van der Waals surface area contributed by atoms with Gasteiger partial charge in [0.1, 0.15) is 5.82 Å². The van der Waals surface area contributed by atoms with Crippen molar-refractivity contribution in [3.8, 4) is 0 Å². The van der Waals surface area contributed by atoms with Gasteiger partial charge in [-0.05, 0) is 37.1 Å². The molecule has 1 heterocycles. The highest BCUT2D eigenvalue weighted by atomic mass is 19.1. The summed E-state index contributed by atoms with van der Waals surface area (Å²) in [4.78, 5) is 28.0.